The minimum atomic E-state index is -0.322. The zero-order chi connectivity index (χ0) is 12.8. The molecule has 0 aliphatic carbocycles. The maximum Gasteiger partial charge on any atom is 0.230 e. The molecule has 16 heavy (non-hydrogen) atoms. The highest BCUT2D eigenvalue weighted by Gasteiger charge is 2.27. The molecular formula is C12H24N2OS. The van der Waals surface area contributed by atoms with Crippen LogP contribution >= 0.6 is 12.2 Å². The van der Waals surface area contributed by atoms with Crippen LogP contribution in [0.15, 0.2) is 0 Å². The standard InChI is InChI=1S/C12H24N2OS/c1-5-8-9(10(13)16)11(15)14-12(4,6-2)7-3/h9H,5-8H2,1-4H3,(H2,13,16)(H,14,15). The Hall–Kier alpha value is -0.640. The van der Waals surface area contributed by atoms with Gasteiger partial charge in [-0.1, -0.05) is 39.4 Å². The van der Waals surface area contributed by atoms with Crippen molar-refractivity contribution < 1.29 is 4.79 Å². The molecule has 94 valence electrons. The molecule has 0 radical (unpaired) electrons. The average Bonchev–Trinajstić information content (AvgIpc) is 2.24. The van der Waals surface area contributed by atoms with Crippen LogP contribution in [0.5, 0.6) is 0 Å². The molecule has 0 aromatic rings. The highest BCUT2D eigenvalue weighted by atomic mass is 32.1. The molecule has 3 N–H and O–H groups in total. The molecule has 0 aromatic heterocycles. The molecule has 1 unspecified atom stereocenters. The van der Waals surface area contributed by atoms with Gasteiger partial charge in [0.1, 0.15) is 0 Å². The number of nitrogens with two attached hydrogens (primary N) is 1. The summed E-state index contributed by atoms with van der Waals surface area (Å²) < 4.78 is 0. The highest BCUT2D eigenvalue weighted by Crippen LogP contribution is 2.16. The van der Waals surface area contributed by atoms with Crippen LogP contribution in [0.4, 0.5) is 0 Å². The van der Waals surface area contributed by atoms with Gasteiger partial charge in [0.05, 0.1) is 10.9 Å². The Bertz CT molecular complexity index is 249. The van der Waals surface area contributed by atoms with Crippen LogP contribution in [0.3, 0.4) is 0 Å². The van der Waals surface area contributed by atoms with Crippen molar-refractivity contribution in [3.8, 4) is 0 Å². The number of carbonyl (C=O) groups is 1. The smallest absolute Gasteiger partial charge is 0.230 e. The third-order valence-corrected chi connectivity index (χ3v) is 3.51. The lowest BCUT2D eigenvalue weighted by atomic mass is 9.93. The van der Waals surface area contributed by atoms with Gasteiger partial charge in [-0.05, 0) is 26.2 Å². The molecule has 0 aliphatic rings. The summed E-state index contributed by atoms with van der Waals surface area (Å²) in [5.74, 6) is -0.349. The average molecular weight is 244 g/mol. The minimum Gasteiger partial charge on any atom is -0.393 e. The van der Waals surface area contributed by atoms with Gasteiger partial charge in [0.25, 0.3) is 0 Å². The molecule has 3 nitrogen and oxygen atoms in total. The highest BCUT2D eigenvalue weighted by molar-refractivity contribution is 7.80. The largest absolute Gasteiger partial charge is 0.393 e. The Labute approximate surface area is 104 Å². The maximum absolute atomic E-state index is 12.0. The quantitative estimate of drug-likeness (QED) is 0.676. The molecule has 4 heteroatoms. The van der Waals surface area contributed by atoms with E-state index in [1.54, 1.807) is 0 Å². The number of thiocarbonyl (C=S) groups is 1. The first kappa shape index (κ1) is 15.4. The lowest BCUT2D eigenvalue weighted by Crippen LogP contribution is -2.49. The molecule has 0 fully saturated rings. The summed E-state index contributed by atoms with van der Waals surface area (Å²) in [4.78, 5) is 12.3. The van der Waals surface area contributed by atoms with Crippen molar-refractivity contribution in [2.75, 3.05) is 0 Å². The van der Waals surface area contributed by atoms with Crippen molar-refractivity contribution in [3.63, 3.8) is 0 Å². The summed E-state index contributed by atoms with van der Waals surface area (Å²) in [5, 5.41) is 3.05. The van der Waals surface area contributed by atoms with Gasteiger partial charge in [0.15, 0.2) is 0 Å². The first-order chi connectivity index (χ1) is 7.40. The predicted octanol–water partition coefficient (Wildman–Crippen LogP) is 2.38. The Morgan fingerprint density at radius 3 is 2.19 bits per heavy atom. The van der Waals surface area contributed by atoms with Crippen LogP contribution in [0.2, 0.25) is 0 Å². The normalized spacial score (nSPS) is 13.2. The SMILES string of the molecule is CCCC(C(=O)NC(C)(CC)CC)C(N)=S. The summed E-state index contributed by atoms with van der Waals surface area (Å²) in [6, 6.07) is 0. The van der Waals surface area contributed by atoms with Crippen molar-refractivity contribution in [2.24, 2.45) is 11.7 Å². The van der Waals surface area contributed by atoms with Crippen molar-refractivity contribution in [3.05, 3.63) is 0 Å². The minimum absolute atomic E-state index is 0.0273. The van der Waals surface area contributed by atoms with E-state index < -0.39 is 0 Å². The second kappa shape index (κ2) is 6.84. The number of hydrogen-bond donors (Lipinski definition) is 2. The van der Waals surface area contributed by atoms with E-state index in [1.165, 1.54) is 0 Å². The van der Waals surface area contributed by atoms with Crippen LogP contribution in [0, 0.1) is 5.92 Å². The summed E-state index contributed by atoms with van der Waals surface area (Å²) in [7, 11) is 0. The van der Waals surface area contributed by atoms with E-state index in [4.69, 9.17) is 18.0 Å². The lowest BCUT2D eigenvalue weighted by molar-refractivity contribution is -0.125. The van der Waals surface area contributed by atoms with Gasteiger partial charge in [-0.2, -0.15) is 0 Å². The van der Waals surface area contributed by atoms with E-state index in [0.29, 0.717) is 4.99 Å². The number of hydrogen-bond acceptors (Lipinski definition) is 2. The Kier molecular flexibility index (Phi) is 6.56. The second-order valence-corrected chi connectivity index (χ2v) is 4.97. The number of rotatable bonds is 7. The molecule has 0 saturated carbocycles. The van der Waals surface area contributed by atoms with Crippen LogP contribution in [-0.4, -0.2) is 16.4 Å². The van der Waals surface area contributed by atoms with Gasteiger partial charge in [0, 0.05) is 5.54 Å². The number of carbonyl (C=O) groups excluding carboxylic acids is 1. The van der Waals surface area contributed by atoms with E-state index in [-0.39, 0.29) is 17.4 Å². The van der Waals surface area contributed by atoms with Crippen molar-refractivity contribution in [1.29, 1.82) is 0 Å². The Morgan fingerprint density at radius 2 is 1.88 bits per heavy atom. The number of nitrogens with one attached hydrogen (secondary N) is 1. The Morgan fingerprint density at radius 1 is 1.38 bits per heavy atom. The number of amides is 1. The zero-order valence-corrected chi connectivity index (χ0v) is 11.6. The summed E-state index contributed by atoms with van der Waals surface area (Å²) in [5.41, 5.74) is 5.45. The van der Waals surface area contributed by atoms with Gasteiger partial charge >= 0.3 is 0 Å². The summed E-state index contributed by atoms with van der Waals surface area (Å²) in [6.07, 6.45) is 3.45. The molecule has 0 rings (SSSR count). The molecule has 0 heterocycles. The van der Waals surface area contributed by atoms with Gasteiger partial charge in [-0.25, -0.2) is 0 Å². The van der Waals surface area contributed by atoms with Crippen molar-refractivity contribution in [2.45, 2.75) is 58.9 Å². The summed E-state index contributed by atoms with van der Waals surface area (Å²) in [6.45, 7) is 8.21. The molecule has 1 atom stereocenters. The van der Waals surface area contributed by atoms with Crippen LogP contribution in [-0.2, 0) is 4.79 Å². The fraction of sp³-hybridized carbons (Fsp3) is 0.833. The third kappa shape index (κ3) is 4.47. The van der Waals surface area contributed by atoms with E-state index >= 15 is 0 Å². The van der Waals surface area contributed by atoms with E-state index in [2.05, 4.69) is 19.2 Å². The summed E-state index contributed by atoms with van der Waals surface area (Å²) >= 11 is 4.94. The van der Waals surface area contributed by atoms with Gasteiger partial charge in [0.2, 0.25) is 5.91 Å². The van der Waals surface area contributed by atoms with Gasteiger partial charge in [-0.3, -0.25) is 4.79 Å². The molecule has 0 spiro atoms. The monoisotopic (exact) mass is 244 g/mol. The van der Waals surface area contributed by atoms with Gasteiger partial charge < -0.3 is 11.1 Å². The first-order valence-corrected chi connectivity index (χ1v) is 6.42. The zero-order valence-electron chi connectivity index (χ0n) is 10.8. The second-order valence-electron chi connectivity index (χ2n) is 4.50. The predicted molar refractivity (Wildman–Crippen MR) is 72.3 cm³/mol. The van der Waals surface area contributed by atoms with Crippen LogP contribution in [0.25, 0.3) is 0 Å². The fourth-order valence-corrected chi connectivity index (χ4v) is 1.73. The van der Waals surface area contributed by atoms with Crippen LogP contribution in [0.1, 0.15) is 53.4 Å². The van der Waals surface area contributed by atoms with Crippen LogP contribution < -0.4 is 11.1 Å². The third-order valence-electron chi connectivity index (χ3n) is 3.22. The van der Waals surface area contributed by atoms with Gasteiger partial charge in [-0.15, -0.1) is 0 Å². The van der Waals surface area contributed by atoms with E-state index in [9.17, 15) is 4.79 Å². The molecular weight excluding hydrogens is 220 g/mol. The lowest BCUT2D eigenvalue weighted by Gasteiger charge is -2.30. The molecule has 0 aliphatic heterocycles. The molecule has 0 saturated heterocycles. The van der Waals surface area contributed by atoms with E-state index in [1.807, 2.05) is 13.8 Å². The van der Waals surface area contributed by atoms with Crippen molar-refractivity contribution >= 4 is 23.1 Å². The molecule has 0 aromatic carbocycles. The molecule has 1 amide bonds. The first-order valence-electron chi connectivity index (χ1n) is 6.01. The molecule has 0 bridgehead atoms. The Balaban J connectivity index is 4.58. The van der Waals surface area contributed by atoms with Crippen molar-refractivity contribution in [1.82, 2.24) is 5.32 Å². The topological polar surface area (TPSA) is 55.1 Å². The fourth-order valence-electron chi connectivity index (χ4n) is 1.50. The van der Waals surface area contributed by atoms with E-state index in [0.717, 1.165) is 25.7 Å². The maximum atomic E-state index is 12.0.